The van der Waals surface area contributed by atoms with Gasteiger partial charge < -0.3 is 10.6 Å². The Balaban J connectivity index is 2.14. The van der Waals surface area contributed by atoms with Gasteiger partial charge in [0.05, 0.1) is 11.8 Å². The summed E-state index contributed by atoms with van der Waals surface area (Å²) in [4.78, 5) is 11.6. The molecular weight excluding hydrogens is 230 g/mol. The van der Waals surface area contributed by atoms with Gasteiger partial charge in [0, 0.05) is 6.54 Å². The van der Waals surface area contributed by atoms with Crippen molar-refractivity contribution in [1.82, 2.24) is 10.6 Å². The van der Waals surface area contributed by atoms with Crippen molar-refractivity contribution in [1.29, 1.82) is 0 Å². The van der Waals surface area contributed by atoms with Gasteiger partial charge in [0.2, 0.25) is 15.9 Å². The molecule has 1 unspecified atom stereocenters. The molecule has 6 nitrogen and oxygen atoms in total. The average Bonchev–Trinajstić information content (AvgIpc) is 2.24. The molecule has 4 N–H and O–H groups in total. The van der Waals surface area contributed by atoms with Crippen molar-refractivity contribution in [3.8, 4) is 0 Å². The summed E-state index contributed by atoms with van der Waals surface area (Å²) in [6.07, 6.45) is 3.37. The van der Waals surface area contributed by atoms with Gasteiger partial charge in [0.1, 0.15) is 0 Å². The SMILES string of the molecule is NS(=O)(=O)CCCNC(=O)C1CCCCN1. The minimum Gasteiger partial charge on any atom is -0.355 e. The summed E-state index contributed by atoms with van der Waals surface area (Å²) in [5, 5.41) is 10.7. The highest BCUT2D eigenvalue weighted by molar-refractivity contribution is 7.89. The third-order valence-electron chi connectivity index (χ3n) is 2.53. The molecule has 1 amide bonds. The molecule has 0 saturated carbocycles. The fourth-order valence-corrected chi connectivity index (χ4v) is 2.23. The monoisotopic (exact) mass is 249 g/mol. The summed E-state index contributed by atoms with van der Waals surface area (Å²) >= 11 is 0. The van der Waals surface area contributed by atoms with Gasteiger partial charge in [-0.2, -0.15) is 0 Å². The van der Waals surface area contributed by atoms with Crippen LogP contribution >= 0.6 is 0 Å². The summed E-state index contributed by atoms with van der Waals surface area (Å²) in [6.45, 7) is 1.22. The first-order chi connectivity index (χ1) is 7.49. The number of sulfonamides is 1. The average molecular weight is 249 g/mol. The zero-order valence-electron chi connectivity index (χ0n) is 9.24. The molecule has 1 aliphatic rings. The van der Waals surface area contributed by atoms with E-state index >= 15 is 0 Å². The lowest BCUT2D eigenvalue weighted by Crippen LogP contribution is -2.47. The van der Waals surface area contributed by atoms with Crippen molar-refractivity contribution in [3.63, 3.8) is 0 Å². The summed E-state index contributed by atoms with van der Waals surface area (Å²) in [5.74, 6) is -0.139. The minimum absolute atomic E-state index is 0.0471. The molecule has 7 heteroatoms. The third kappa shape index (κ3) is 5.43. The van der Waals surface area contributed by atoms with Crippen LogP contribution in [-0.2, 0) is 14.8 Å². The molecule has 0 bridgehead atoms. The van der Waals surface area contributed by atoms with Crippen LogP contribution < -0.4 is 15.8 Å². The summed E-state index contributed by atoms with van der Waals surface area (Å²) < 4.78 is 21.3. The number of piperidine rings is 1. The van der Waals surface area contributed by atoms with Crippen LogP contribution in [-0.4, -0.2) is 39.2 Å². The van der Waals surface area contributed by atoms with Gasteiger partial charge in [0.15, 0.2) is 0 Å². The van der Waals surface area contributed by atoms with Crippen LogP contribution in [0.25, 0.3) is 0 Å². The molecule has 1 aliphatic heterocycles. The summed E-state index contributed by atoms with van der Waals surface area (Å²) in [5.41, 5.74) is 0. The zero-order valence-corrected chi connectivity index (χ0v) is 10.1. The van der Waals surface area contributed by atoms with Crippen LogP contribution in [0.5, 0.6) is 0 Å². The van der Waals surface area contributed by atoms with Crippen molar-refractivity contribution in [2.75, 3.05) is 18.8 Å². The van der Waals surface area contributed by atoms with Crippen LogP contribution in [0.2, 0.25) is 0 Å². The van der Waals surface area contributed by atoms with Crippen LogP contribution in [0.4, 0.5) is 0 Å². The molecule has 0 aromatic carbocycles. The second-order valence-electron chi connectivity index (χ2n) is 4.01. The first-order valence-electron chi connectivity index (χ1n) is 5.50. The number of nitrogens with one attached hydrogen (secondary N) is 2. The van der Waals surface area contributed by atoms with Crippen LogP contribution in [0.15, 0.2) is 0 Å². The van der Waals surface area contributed by atoms with Crippen molar-refractivity contribution >= 4 is 15.9 Å². The Labute approximate surface area is 96.0 Å². The predicted octanol–water partition coefficient (Wildman–Crippen LogP) is -1.08. The Morgan fingerprint density at radius 1 is 1.44 bits per heavy atom. The fourth-order valence-electron chi connectivity index (χ4n) is 1.68. The molecule has 0 radical (unpaired) electrons. The van der Waals surface area contributed by atoms with Gasteiger partial charge in [-0.25, -0.2) is 13.6 Å². The maximum absolute atomic E-state index is 11.6. The molecule has 1 rings (SSSR count). The molecule has 0 aromatic rings. The van der Waals surface area contributed by atoms with Crippen LogP contribution in [0.1, 0.15) is 25.7 Å². The Bertz CT molecular complexity index is 323. The van der Waals surface area contributed by atoms with Crippen molar-refractivity contribution in [3.05, 3.63) is 0 Å². The van der Waals surface area contributed by atoms with E-state index < -0.39 is 10.0 Å². The lowest BCUT2D eigenvalue weighted by atomic mass is 10.0. The van der Waals surface area contributed by atoms with E-state index in [-0.39, 0.29) is 17.7 Å². The van der Waals surface area contributed by atoms with E-state index in [1.807, 2.05) is 0 Å². The van der Waals surface area contributed by atoms with Gasteiger partial charge in [0.25, 0.3) is 0 Å². The minimum atomic E-state index is -3.41. The molecule has 1 atom stereocenters. The lowest BCUT2D eigenvalue weighted by Gasteiger charge is -2.22. The smallest absolute Gasteiger partial charge is 0.237 e. The van der Waals surface area contributed by atoms with E-state index in [1.54, 1.807) is 0 Å². The zero-order chi connectivity index (χ0) is 12.0. The standard InChI is InChI=1S/C9H19N3O3S/c10-16(14,15)7-3-6-12-9(13)8-4-1-2-5-11-8/h8,11H,1-7H2,(H,12,13)(H2,10,14,15). The molecule has 0 aliphatic carbocycles. The number of hydrogen-bond donors (Lipinski definition) is 3. The summed E-state index contributed by atoms with van der Waals surface area (Å²) in [7, 11) is -3.41. The number of amides is 1. The molecule has 94 valence electrons. The number of rotatable bonds is 5. The molecule has 0 aromatic heterocycles. The normalized spacial score (nSPS) is 21.7. The van der Waals surface area contributed by atoms with Crippen molar-refractivity contribution in [2.24, 2.45) is 5.14 Å². The molecular formula is C9H19N3O3S. The van der Waals surface area contributed by atoms with E-state index in [9.17, 15) is 13.2 Å². The Morgan fingerprint density at radius 2 is 2.19 bits per heavy atom. The Kier molecular flexibility index (Phi) is 5.17. The second-order valence-corrected chi connectivity index (χ2v) is 5.75. The topological polar surface area (TPSA) is 101 Å². The number of nitrogens with two attached hydrogens (primary N) is 1. The van der Waals surface area contributed by atoms with Gasteiger partial charge >= 0.3 is 0 Å². The van der Waals surface area contributed by atoms with Gasteiger partial charge in [-0.3, -0.25) is 4.79 Å². The quantitative estimate of drug-likeness (QED) is 0.540. The third-order valence-corrected chi connectivity index (χ3v) is 3.39. The van der Waals surface area contributed by atoms with Gasteiger partial charge in [-0.1, -0.05) is 6.42 Å². The van der Waals surface area contributed by atoms with Crippen molar-refractivity contribution in [2.45, 2.75) is 31.7 Å². The number of carbonyl (C=O) groups excluding carboxylic acids is 1. The second kappa shape index (κ2) is 6.17. The first-order valence-corrected chi connectivity index (χ1v) is 7.22. The van der Waals surface area contributed by atoms with Crippen LogP contribution in [0.3, 0.4) is 0 Å². The highest BCUT2D eigenvalue weighted by Gasteiger charge is 2.19. The molecule has 1 saturated heterocycles. The lowest BCUT2D eigenvalue weighted by molar-refractivity contribution is -0.123. The highest BCUT2D eigenvalue weighted by atomic mass is 32.2. The first kappa shape index (κ1) is 13.4. The predicted molar refractivity (Wildman–Crippen MR) is 61.2 cm³/mol. The number of hydrogen-bond acceptors (Lipinski definition) is 4. The summed E-state index contributed by atoms with van der Waals surface area (Å²) in [6, 6.07) is -0.122. The molecule has 1 fully saturated rings. The van der Waals surface area contributed by atoms with E-state index in [4.69, 9.17) is 5.14 Å². The Morgan fingerprint density at radius 3 is 2.75 bits per heavy atom. The maximum atomic E-state index is 11.6. The van der Waals surface area contributed by atoms with Crippen molar-refractivity contribution < 1.29 is 13.2 Å². The van der Waals surface area contributed by atoms with Gasteiger partial charge in [-0.15, -0.1) is 0 Å². The maximum Gasteiger partial charge on any atom is 0.237 e. The van der Waals surface area contributed by atoms with E-state index in [0.717, 1.165) is 25.8 Å². The molecule has 0 spiro atoms. The molecule has 16 heavy (non-hydrogen) atoms. The van der Waals surface area contributed by atoms with E-state index in [1.165, 1.54) is 0 Å². The fraction of sp³-hybridized carbons (Fsp3) is 0.889. The molecule has 1 heterocycles. The van der Waals surface area contributed by atoms with Crippen LogP contribution in [0, 0.1) is 0 Å². The van der Waals surface area contributed by atoms with E-state index in [2.05, 4.69) is 10.6 Å². The largest absolute Gasteiger partial charge is 0.355 e. The number of carbonyl (C=O) groups is 1. The highest BCUT2D eigenvalue weighted by Crippen LogP contribution is 2.06. The Hall–Kier alpha value is -0.660. The van der Waals surface area contributed by atoms with Gasteiger partial charge in [-0.05, 0) is 25.8 Å². The van der Waals surface area contributed by atoms with E-state index in [0.29, 0.717) is 13.0 Å². The number of primary sulfonamides is 1.